The van der Waals surface area contributed by atoms with Gasteiger partial charge < -0.3 is 12.9 Å². The normalized spacial score (nSPS) is 10.3. The summed E-state index contributed by atoms with van der Waals surface area (Å²) in [5, 5.41) is 0. The second kappa shape index (κ2) is 6.77. The van der Waals surface area contributed by atoms with E-state index in [9.17, 15) is 12.9 Å². The Kier molecular flexibility index (Phi) is 6.89. The average Bonchev–Trinajstić information content (AvgIpc) is 2.06. The minimum Gasteiger partial charge on any atom is -0.449 e. The molecule has 1 rings (SSSR count). The summed E-state index contributed by atoms with van der Waals surface area (Å²) in [5.41, 5.74) is 1.16. The summed E-state index contributed by atoms with van der Waals surface area (Å²) in [6.45, 7) is -4.74. The molecule has 0 N–H and O–H groups in total. The quantitative estimate of drug-likeness (QED) is 0.503. The van der Waals surface area contributed by atoms with Crippen LogP contribution < -0.4 is 51.4 Å². The van der Waals surface area contributed by atoms with Crippen molar-refractivity contribution in [3.8, 4) is 12.3 Å². The van der Waals surface area contributed by atoms with E-state index >= 15 is 0 Å². The number of halogens is 3. The molecule has 0 spiro atoms. The van der Waals surface area contributed by atoms with Gasteiger partial charge in [0.15, 0.2) is 0 Å². The predicted molar refractivity (Wildman–Crippen MR) is 51.8 cm³/mol. The Bertz CT molecular complexity index is 337. The minimum absolute atomic E-state index is 0. The summed E-state index contributed by atoms with van der Waals surface area (Å²) in [6, 6.07) is 6.22. The SMILES string of the molecule is C#CCc1ccc(C[B-](F)(F)F)cc1.[K+]. The van der Waals surface area contributed by atoms with E-state index < -0.39 is 13.3 Å². The van der Waals surface area contributed by atoms with E-state index in [4.69, 9.17) is 6.42 Å². The van der Waals surface area contributed by atoms with Gasteiger partial charge in [0.25, 0.3) is 0 Å². The molecule has 0 unspecified atom stereocenters. The van der Waals surface area contributed by atoms with Crippen LogP contribution in [0.5, 0.6) is 0 Å². The Balaban J connectivity index is 0.00000196. The van der Waals surface area contributed by atoms with Gasteiger partial charge in [-0.1, -0.05) is 36.1 Å². The number of hydrogen-bond acceptors (Lipinski definition) is 0. The van der Waals surface area contributed by atoms with Gasteiger partial charge >= 0.3 is 58.4 Å². The van der Waals surface area contributed by atoms with E-state index in [0.717, 1.165) is 5.56 Å². The molecule has 0 bridgehead atoms. The van der Waals surface area contributed by atoms with Crippen molar-refractivity contribution < 1.29 is 64.3 Å². The van der Waals surface area contributed by atoms with Gasteiger partial charge in [-0.05, 0) is 5.56 Å². The van der Waals surface area contributed by atoms with Crippen LogP contribution in [-0.4, -0.2) is 6.98 Å². The first-order chi connectivity index (χ1) is 6.51. The van der Waals surface area contributed by atoms with E-state index in [0.29, 0.717) is 12.0 Å². The summed E-state index contributed by atoms with van der Waals surface area (Å²) in [5.74, 6) is 2.43. The molecule has 1 aromatic carbocycles. The fourth-order valence-electron chi connectivity index (χ4n) is 1.18. The molecule has 0 saturated carbocycles. The van der Waals surface area contributed by atoms with Crippen LogP contribution in [0, 0.1) is 12.3 Å². The molecular formula is C10H9BF3K. The largest absolute Gasteiger partial charge is 1.00 e. The summed E-state index contributed by atoms with van der Waals surface area (Å²) in [6.07, 6.45) is 4.71. The molecule has 5 heteroatoms. The zero-order chi connectivity index (χ0) is 10.6. The van der Waals surface area contributed by atoms with Crippen LogP contribution in [0.4, 0.5) is 12.9 Å². The van der Waals surface area contributed by atoms with Crippen LogP contribution in [0.2, 0.25) is 0 Å². The third-order valence-electron chi connectivity index (χ3n) is 1.80. The van der Waals surface area contributed by atoms with Crippen molar-refractivity contribution in [2.75, 3.05) is 0 Å². The van der Waals surface area contributed by atoms with Crippen molar-refractivity contribution in [2.45, 2.75) is 12.7 Å². The summed E-state index contributed by atoms with van der Waals surface area (Å²) < 4.78 is 36.1. The molecule has 0 heterocycles. The summed E-state index contributed by atoms with van der Waals surface area (Å²) >= 11 is 0. The smallest absolute Gasteiger partial charge is 0.449 e. The van der Waals surface area contributed by atoms with Crippen molar-refractivity contribution in [2.24, 2.45) is 0 Å². The predicted octanol–water partition coefficient (Wildman–Crippen LogP) is -0.205. The zero-order valence-electron chi connectivity index (χ0n) is 8.51. The second-order valence-electron chi connectivity index (χ2n) is 3.11. The summed E-state index contributed by atoms with van der Waals surface area (Å²) in [7, 11) is 0. The average molecular weight is 236 g/mol. The Hall–Kier alpha value is 0.271. The molecule has 0 aromatic heterocycles. The molecule has 74 valence electrons. The topological polar surface area (TPSA) is 0 Å². The molecule has 0 aliphatic rings. The molecule has 0 aliphatic heterocycles. The number of rotatable bonds is 3. The van der Waals surface area contributed by atoms with E-state index in [-0.39, 0.29) is 51.4 Å². The van der Waals surface area contributed by atoms with Crippen molar-refractivity contribution in [3.63, 3.8) is 0 Å². The molecule has 0 saturated heterocycles. The number of benzene rings is 1. The first-order valence-electron chi connectivity index (χ1n) is 4.23. The van der Waals surface area contributed by atoms with Gasteiger partial charge in [-0.25, -0.2) is 0 Å². The maximum absolute atomic E-state index is 12.0. The molecule has 0 nitrogen and oxygen atoms in total. The first kappa shape index (κ1) is 15.3. The molecule has 15 heavy (non-hydrogen) atoms. The third-order valence-corrected chi connectivity index (χ3v) is 1.80. The fraction of sp³-hybridized carbons (Fsp3) is 0.200. The van der Waals surface area contributed by atoms with Crippen molar-refractivity contribution in [3.05, 3.63) is 35.4 Å². The van der Waals surface area contributed by atoms with Crippen LogP contribution in [0.3, 0.4) is 0 Å². The maximum Gasteiger partial charge on any atom is 1.00 e. The van der Waals surface area contributed by atoms with Crippen molar-refractivity contribution in [1.82, 2.24) is 0 Å². The third kappa shape index (κ3) is 6.44. The molecule has 1 aromatic rings. The minimum atomic E-state index is -4.74. The van der Waals surface area contributed by atoms with Gasteiger partial charge in [0.2, 0.25) is 0 Å². The maximum atomic E-state index is 12.0. The van der Waals surface area contributed by atoms with Crippen LogP contribution >= 0.6 is 0 Å². The Labute approximate surface area is 130 Å². The van der Waals surface area contributed by atoms with Crippen LogP contribution in [0.1, 0.15) is 11.1 Å². The Morgan fingerprint density at radius 3 is 1.93 bits per heavy atom. The molecule has 0 radical (unpaired) electrons. The van der Waals surface area contributed by atoms with Crippen LogP contribution in [0.25, 0.3) is 0 Å². The zero-order valence-corrected chi connectivity index (χ0v) is 11.6. The standard InChI is InChI=1S/C10H9BF3.K/c1-2-3-9-4-6-10(7-5-9)8-11(12,13)14;/h1,4-7H,3,8H2;/q-1;+1. The van der Waals surface area contributed by atoms with E-state index in [1.165, 1.54) is 12.1 Å². The Morgan fingerprint density at radius 1 is 1.07 bits per heavy atom. The van der Waals surface area contributed by atoms with Gasteiger partial charge in [0.1, 0.15) is 0 Å². The Morgan fingerprint density at radius 2 is 1.53 bits per heavy atom. The van der Waals surface area contributed by atoms with E-state index in [1.54, 1.807) is 12.1 Å². The van der Waals surface area contributed by atoms with Gasteiger partial charge in [-0.15, -0.1) is 12.3 Å². The van der Waals surface area contributed by atoms with Gasteiger partial charge in [0, 0.05) is 6.42 Å². The monoisotopic (exact) mass is 236 g/mol. The van der Waals surface area contributed by atoms with Gasteiger partial charge in [0.05, 0.1) is 0 Å². The molecular weight excluding hydrogens is 227 g/mol. The fourth-order valence-corrected chi connectivity index (χ4v) is 1.18. The van der Waals surface area contributed by atoms with Crippen molar-refractivity contribution >= 4 is 6.98 Å². The number of hydrogen-bond donors (Lipinski definition) is 0. The first-order valence-corrected chi connectivity index (χ1v) is 4.23. The second-order valence-corrected chi connectivity index (χ2v) is 3.11. The molecule has 0 fully saturated rings. The molecule has 0 amide bonds. The van der Waals surface area contributed by atoms with Crippen LogP contribution in [0.15, 0.2) is 24.3 Å². The van der Waals surface area contributed by atoms with Crippen molar-refractivity contribution in [1.29, 1.82) is 0 Å². The summed E-state index contributed by atoms with van der Waals surface area (Å²) in [4.78, 5) is 0. The molecule has 0 aliphatic carbocycles. The van der Waals surface area contributed by atoms with Crippen LogP contribution in [-0.2, 0) is 12.7 Å². The molecule has 0 atom stereocenters. The number of terminal acetylenes is 1. The van der Waals surface area contributed by atoms with Gasteiger partial charge in [-0.3, -0.25) is 0 Å². The van der Waals surface area contributed by atoms with E-state index in [1.807, 2.05) is 0 Å². The van der Waals surface area contributed by atoms with Gasteiger partial charge in [-0.2, -0.15) is 0 Å². The van der Waals surface area contributed by atoms with E-state index in [2.05, 4.69) is 5.92 Å².